The number of hydrogen-bond donors (Lipinski definition) is 2. The van der Waals surface area contributed by atoms with Crippen LogP contribution in [0, 0.1) is 11.6 Å². The lowest BCUT2D eigenvalue weighted by atomic mass is 10.1. The summed E-state index contributed by atoms with van der Waals surface area (Å²) in [7, 11) is 0. The minimum absolute atomic E-state index is 0.0723. The predicted octanol–water partition coefficient (Wildman–Crippen LogP) is 2.06. The summed E-state index contributed by atoms with van der Waals surface area (Å²) < 4.78 is 27.4. The first-order valence-electron chi connectivity index (χ1n) is 7.16. The summed E-state index contributed by atoms with van der Waals surface area (Å²) in [4.78, 5) is 18.5. The van der Waals surface area contributed by atoms with Gasteiger partial charge in [-0.3, -0.25) is 15.2 Å². The lowest BCUT2D eigenvalue weighted by molar-refractivity contribution is 0.405. The average molecular weight is 306 g/mol. The molecule has 5 nitrogen and oxygen atoms in total. The highest BCUT2D eigenvalue weighted by molar-refractivity contribution is 5.29. The number of nitrogens with one attached hydrogen (secondary N) is 2. The Balaban J connectivity index is 1.84. The Morgan fingerprint density at radius 2 is 1.91 bits per heavy atom. The zero-order valence-corrected chi connectivity index (χ0v) is 11.9. The second-order valence-corrected chi connectivity index (χ2v) is 5.27. The molecular weight excluding hydrogens is 290 g/mol. The fourth-order valence-electron chi connectivity index (χ4n) is 2.51. The molecule has 1 fully saturated rings. The van der Waals surface area contributed by atoms with Gasteiger partial charge >= 0.3 is 0 Å². The van der Waals surface area contributed by atoms with E-state index in [1.165, 1.54) is 24.3 Å². The third-order valence-corrected chi connectivity index (χ3v) is 3.58. The van der Waals surface area contributed by atoms with Crippen LogP contribution >= 0.6 is 0 Å². The van der Waals surface area contributed by atoms with Gasteiger partial charge in [-0.2, -0.15) is 0 Å². The molecule has 0 amide bonds. The van der Waals surface area contributed by atoms with Gasteiger partial charge in [0.2, 0.25) is 5.95 Å². The molecular formula is C15H16F2N4O. The molecule has 1 aliphatic rings. The molecule has 0 saturated carbocycles. The molecule has 0 radical (unpaired) electrons. The lowest BCUT2D eigenvalue weighted by Crippen LogP contribution is -2.29. The maximum atomic E-state index is 13.7. The number of hydrazine groups is 1. The van der Waals surface area contributed by atoms with Crippen LogP contribution in [0.3, 0.4) is 0 Å². The van der Waals surface area contributed by atoms with Crippen molar-refractivity contribution in [2.45, 2.75) is 19.3 Å². The summed E-state index contributed by atoms with van der Waals surface area (Å²) in [5.41, 5.74) is 2.88. The topological polar surface area (TPSA) is 61.0 Å². The van der Waals surface area contributed by atoms with Gasteiger partial charge < -0.3 is 0 Å². The zero-order chi connectivity index (χ0) is 15.5. The Kier molecular flexibility index (Phi) is 4.15. The molecule has 2 N–H and O–H groups in total. The highest BCUT2D eigenvalue weighted by Gasteiger charge is 2.14. The molecule has 0 bridgehead atoms. The highest BCUT2D eigenvalue weighted by atomic mass is 19.1. The van der Waals surface area contributed by atoms with E-state index in [1.807, 2.05) is 5.01 Å². The standard InChI is InChI=1S/C15H16F2N4O/c16-12-4-3-5-13(17)11(12)8-10-9-14(22)19-15(18-10)20-21-6-1-2-7-21/h3-5,9H,1-2,6-8H2,(H2,18,19,20,22). The largest absolute Gasteiger partial charge is 0.292 e. The number of H-pyrrole nitrogens is 1. The molecule has 1 saturated heterocycles. The van der Waals surface area contributed by atoms with E-state index in [0.717, 1.165) is 25.9 Å². The molecule has 1 aliphatic heterocycles. The van der Waals surface area contributed by atoms with Crippen molar-refractivity contribution in [2.24, 2.45) is 0 Å². The molecule has 0 unspecified atom stereocenters. The first-order valence-corrected chi connectivity index (χ1v) is 7.16. The maximum Gasteiger partial charge on any atom is 0.252 e. The molecule has 0 atom stereocenters. The fourth-order valence-corrected chi connectivity index (χ4v) is 2.51. The van der Waals surface area contributed by atoms with E-state index in [2.05, 4.69) is 15.4 Å². The van der Waals surface area contributed by atoms with E-state index in [1.54, 1.807) is 0 Å². The van der Waals surface area contributed by atoms with Crippen molar-refractivity contribution in [3.8, 4) is 0 Å². The minimum atomic E-state index is -0.642. The van der Waals surface area contributed by atoms with Crippen LogP contribution in [0.1, 0.15) is 24.1 Å². The van der Waals surface area contributed by atoms with E-state index in [9.17, 15) is 13.6 Å². The van der Waals surface area contributed by atoms with Crippen LogP contribution in [0.5, 0.6) is 0 Å². The Hall–Kier alpha value is -2.28. The smallest absolute Gasteiger partial charge is 0.252 e. The summed E-state index contributed by atoms with van der Waals surface area (Å²) in [6, 6.07) is 4.94. The van der Waals surface area contributed by atoms with Gasteiger partial charge in [0.25, 0.3) is 5.56 Å². The Morgan fingerprint density at radius 1 is 1.23 bits per heavy atom. The van der Waals surface area contributed by atoms with E-state index in [4.69, 9.17) is 0 Å². The molecule has 116 valence electrons. The molecule has 0 aliphatic carbocycles. The van der Waals surface area contributed by atoms with Crippen LogP contribution in [0.2, 0.25) is 0 Å². The quantitative estimate of drug-likeness (QED) is 0.908. The molecule has 1 aromatic heterocycles. The van der Waals surface area contributed by atoms with Crippen molar-refractivity contribution in [1.82, 2.24) is 15.0 Å². The van der Waals surface area contributed by atoms with Crippen LogP contribution in [0.4, 0.5) is 14.7 Å². The van der Waals surface area contributed by atoms with Crippen molar-refractivity contribution in [3.63, 3.8) is 0 Å². The molecule has 0 spiro atoms. The van der Waals surface area contributed by atoms with Gasteiger partial charge in [-0.1, -0.05) is 6.07 Å². The summed E-state index contributed by atoms with van der Waals surface area (Å²) in [5, 5.41) is 1.95. The third kappa shape index (κ3) is 3.30. The normalized spacial score (nSPS) is 15.2. The van der Waals surface area contributed by atoms with Gasteiger partial charge in [-0.05, 0) is 25.0 Å². The first-order chi connectivity index (χ1) is 10.6. The molecule has 3 rings (SSSR count). The van der Waals surface area contributed by atoms with Crippen molar-refractivity contribution < 1.29 is 8.78 Å². The van der Waals surface area contributed by atoms with Gasteiger partial charge in [0.15, 0.2) is 0 Å². The van der Waals surface area contributed by atoms with Crippen molar-refractivity contribution >= 4 is 5.95 Å². The summed E-state index contributed by atoms with van der Waals surface area (Å²) in [6.07, 6.45) is 2.09. The number of anilines is 1. The number of benzene rings is 1. The van der Waals surface area contributed by atoms with Crippen LogP contribution in [0.15, 0.2) is 29.1 Å². The molecule has 22 heavy (non-hydrogen) atoms. The minimum Gasteiger partial charge on any atom is -0.292 e. The summed E-state index contributed by atoms with van der Waals surface area (Å²) in [5.74, 6) is -0.992. The fraction of sp³-hybridized carbons (Fsp3) is 0.333. The summed E-state index contributed by atoms with van der Waals surface area (Å²) >= 11 is 0. The van der Waals surface area contributed by atoms with Crippen LogP contribution < -0.4 is 11.0 Å². The average Bonchev–Trinajstić information content (AvgIpc) is 2.95. The van der Waals surface area contributed by atoms with E-state index >= 15 is 0 Å². The van der Waals surface area contributed by atoms with Gasteiger partial charge in [0, 0.05) is 31.1 Å². The van der Waals surface area contributed by atoms with Crippen LogP contribution in [-0.2, 0) is 6.42 Å². The summed E-state index contributed by atoms with van der Waals surface area (Å²) in [6.45, 7) is 1.74. The van der Waals surface area contributed by atoms with Crippen molar-refractivity contribution in [1.29, 1.82) is 0 Å². The SMILES string of the molecule is O=c1cc(Cc2c(F)cccc2F)nc(NN2CCCC2)[nH]1. The second-order valence-electron chi connectivity index (χ2n) is 5.27. The Labute approximate surface area is 126 Å². The van der Waals surface area contributed by atoms with Crippen molar-refractivity contribution in [3.05, 3.63) is 57.5 Å². The monoisotopic (exact) mass is 306 g/mol. The number of aromatic amines is 1. The number of nitrogens with zero attached hydrogens (tertiary/aromatic N) is 2. The van der Waals surface area contributed by atoms with E-state index < -0.39 is 11.6 Å². The van der Waals surface area contributed by atoms with Crippen LogP contribution in [0.25, 0.3) is 0 Å². The van der Waals surface area contributed by atoms with Crippen molar-refractivity contribution in [2.75, 3.05) is 18.5 Å². The Bertz CT molecular complexity index is 705. The van der Waals surface area contributed by atoms with Gasteiger partial charge in [0.05, 0.1) is 5.69 Å². The van der Waals surface area contributed by atoms with E-state index in [-0.39, 0.29) is 17.5 Å². The number of halogens is 2. The third-order valence-electron chi connectivity index (χ3n) is 3.58. The molecule has 2 heterocycles. The number of aromatic nitrogens is 2. The zero-order valence-electron chi connectivity index (χ0n) is 11.9. The van der Waals surface area contributed by atoms with Gasteiger partial charge in [-0.25, -0.2) is 18.8 Å². The lowest BCUT2D eigenvalue weighted by Gasteiger charge is -2.16. The highest BCUT2D eigenvalue weighted by Crippen LogP contribution is 2.16. The van der Waals surface area contributed by atoms with Gasteiger partial charge in [0.1, 0.15) is 11.6 Å². The first kappa shape index (κ1) is 14.6. The molecule has 7 heteroatoms. The maximum absolute atomic E-state index is 13.7. The van der Waals surface area contributed by atoms with E-state index in [0.29, 0.717) is 11.6 Å². The van der Waals surface area contributed by atoms with Crippen LogP contribution in [-0.4, -0.2) is 28.1 Å². The predicted molar refractivity (Wildman–Crippen MR) is 78.5 cm³/mol. The number of rotatable bonds is 4. The second kappa shape index (κ2) is 6.23. The molecule has 1 aromatic carbocycles. The Morgan fingerprint density at radius 3 is 2.59 bits per heavy atom. The molecule has 2 aromatic rings. The number of hydrogen-bond acceptors (Lipinski definition) is 4. The van der Waals surface area contributed by atoms with Gasteiger partial charge in [-0.15, -0.1) is 0 Å².